The van der Waals surface area contributed by atoms with E-state index in [0.717, 1.165) is 58.3 Å². The molecule has 5 atom stereocenters. The van der Waals surface area contributed by atoms with E-state index in [1.54, 1.807) is 11.0 Å². The van der Waals surface area contributed by atoms with Crippen molar-refractivity contribution in [2.45, 2.75) is 51.0 Å². The van der Waals surface area contributed by atoms with Gasteiger partial charge in [0.05, 0.1) is 19.6 Å². The van der Waals surface area contributed by atoms with E-state index in [0.29, 0.717) is 24.9 Å². The van der Waals surface area contributed by atoms with Crippen molar-refractivity contribution in [1.82, 2.24) is 9.47 Å². The highest BCUT2D eigenvalue weighted by molar-refractivity contribution is 5.81. The summed E-state index contributed by atoms with van der Waals surface area (Å²) >= 11 is 0. The van der Waals surface area contributed by atoms with Crippen molar-refractivity contribution in [3.63, 3.8) is 0 Å². The molecule has 1 unspecified atom stereocenters. The van der Waals surface area contributed by atoms with Gasteiger partial charge in [-0.2, -0.15) is 0 Å². The van der Waals surface area contributed by atoms with Crippen molar-refractivity contribution in [2.24, 2.45) is 23.7 Å². The van der Waals surface area contributed by atoms with Crippen LogP contribution in [0.25, 0.3) is 0 Å². The van der Waals surface area contributed by atoms with Gasteiger partial charge >= 0.3 is 0 Å². The number of aliphatic carboxylic acids is 1. The van der Waals surface area contributed by atoms with E-state index >= 15 is 0 Å². The van der Waals surface area contributed by atoms with Gasteiger partial charge in [0.2, 0.25) is 5.91 Å². The lowest BCUT2D eigenvalue weighted by atomic mass is 9.80. The molecular formula is C24H33N3O4. The Kier molecular flexibility index (Phi) is 5.63. The predicted octanol–water partition coefficient (Wildman–Crippen LogP) is -0.745. The lowest BCUT2D eigenvalue weighted by molar-refractivity contribution is -0.911. The minimum Gasteiger partial charge on any atom is -0.550 e. The van der Waals surface area contributed by atoms with E-state index in [-0.39, 0.29) is 35.6 Å². The number of quaternary nitrogens is 1. The normalized spacial score (nSPS) is 32.4. The third-order valence-corrected chi connectivity index (χ3v) is 8.10. The Labute approximate surface area is 183 Å². The maximum Gasteiger partial charge on any atom is 0.250 e. The Morgan fingerprint density at radius 3 is 2.71 bits per heavy atom. The lowest BCUT2D eigenvalue weighted by Gasteiger charge is -2.42. The molecule has 4 aliphatic rings. The number of nitrogens with one attached hydrogen (secondary N) is 1. The molecular weight excluding hydrogens is 394 g/mol. The number of likely N-dealkylation sites (tertiary alicyclic amines) is 2. The molecule has 3 aliphatic heterocycles. The molecule has 2 saturated heterocycles. The number of fused-ring (bicyclic) bond motifs is 4. The third kappa shape index (κ3) is 4.43. The first-order valence-corrected chi connectivity index (χ1v) is 12.0. The maximum absolute atomic E-state index is 12.6. The molecule has 4 heterocycles. The summed E-state index contributed by atoms with van der Waals surface area (Å²) in [6.45, 7) is 5.31. The molecule has 1 aliphatic carbocycles. The van der Waals surface area contributed by atoms with Crippen LogP contribution < -0.4 is 15.6 Å². The van der Waals surface area contributed by atoms with Crippen LogP contribution in [-0.2, 0) is 16.1 Å². The van der Waals surface area contributed by atoms with Crippen LogP contribution in [-0.4, -0.2) is 54.1 Å². The summed E-state index contributed by atoms with van der Waals surface area (Å²) in [5.74, 6) is 0.815. The number of rotatable bonds is 6. The third-order valence-electron chi connectivity index (χ3n) is 8.10. The minimum atomic E-state index is -0.973. The van der Waals surface area contributed by atoms with Crippen LogP contribution in [0.5, 0.6) is 0 Å². The summed E-state index contributed by atoms with van der Waals surface area (Å²) in [4.78, 5) is 39.7. The van der Waals surface area contributed by atoms with Crippen molar-refractivity contribution >= 4 is 11.9 Å². The molecule has 168 valence electrons. The Balaban J connectivity index is 1.23. The van der Waals surface area contributed by atoms with Gasteiger partial charge in [-0.15, -0.1) is 0 Å². The van der Waals surface area contributed by atoms with Gasteiger partial charge in [-0.05, 0) is 50.0 Å². The lowest BCUT2D eigenvalue weighted by Crippen LogP contribution is -3.14. The van der Waals surface area contributed by atoms with Crippen LogP contribution in [0.3, 0.4) is 0 Å². The van der Waals surface area contributed by atoms with E-state index in [1.165, 1.54) is 5.69 Å². The number of nitrogens with zero attached hydrogens (tertiary/aromatic N) is 2. The fourth-order valence-corrected chi connectivity index (χ4v) is 6.39. The van der Waals surface area contributed by atoms with Gasteiger partial charge in [-0.3, -0.25) is 9.59 Å². The van der Waals surface area contributed by atoms with E-state index < -0.39 is 5.97 Å². The summed E-state index contributed by atoms with van der Waals surface area (Å²) in [6, 6.07) is 5.63. The molecule has 0 aromatic carbocycles. The van der Waals surface area contributed by atoms with Crippen LogP contribution >= 0.6 is 0 Å². The molecule has 1 N–H and O–H groups in total. The van der Waals surface area contributed by atoms with Crippen molar-refractivity contribution < 1.29 is 19.6 Å². The van der Waals surface area contributed by atoms with Gasteiger partial charge in [-0.25, -0.2) is 0 Å². The van der Waals surface area contributed by atoms with E-state index in [2.05, 4.69) is 6.07 Å². The topological polar surface area (TPSA) is 86.9 Å². The first-order chi connectivity index (χ1) is 15.0. The van der Waals surface area contributed by atoms with Gasteiger partial charge in [0.25, 0.3) is 5.56 Å². The number of amides is 1. The fourth-order valence-electron chi connectivity index (χ4n) is 6.39. The zero-order valence-electron chi connectivity index (χ0n) is 18.1. The van der Waals surface area contributed by atoms with Crippen molar-refractivity contribution in [3.05, 3.63) is 34.2 Å². The number of carboxylic acids is 1. The standard InChI is InChI=1S/C24H33N3O4/c28-22-3-1-2-21-20-10-16(13-27(21)22)12-25(14-20)8-6-19-15-26(24(31)17-4-5-17)9-7-18(19)11-23(29)30/h1-3,16-20H,4-15H2,(H,29,30)/t16-,18-,19-,20+/m0/s1. The van der Waals surface area contributed by atoms with Crippen molar-refractivity contribution in [2.75, 3.05) is 32.7 Å². The number of carboxylic acid groups (broad SMARTS) is 1. The first kappa shape index (κ1) is 20.7. The number of piperidine rings is 2. The van der Waals surface area contributed by atoms with Crippen molar-refractivity contribution in [1.29, 1.82) is 0 Å². The molecule has 1 aromatic heterocycles. The van der Waals surface area contributed by atoms with Crippen LogP contribution in [0.4, 0.5) is 0 Å². The average molecular weight is 428 g/mol. The Morgan fingerprint density at radius 1 is 1.10 bits per heavy atom. The number of aromatic nitrogens is 1. The maximum atomic E-state index is 12.6. The number of carbonyl (C=O) groups is 2. The summed E-state index contributed by atoms with van der Waals surface area (Å²) < 4.78 is 1.97. The van der Waals surface area contributed by atoms with Gasteiger partial charge in [0.15, 0.2) is 0 Å². The summed E-state index contributed by atoms with van der Waals surface area (Å²) in [6.07, 6.45) is 5.00. The molecule has 31 heavy (non-hydrogen) atoms. The SMILES string of the molecule is O=C([O-])C[C@@H]1CCN(C(=O)C2CC2)C[C@@H]1CC[NH+]1C[C@@H]2C[C@H](C1)c1cccc(=O)n1C2. The van der Waals surface area contributed by atoms with Gasteiger partial charge in [0.1, 0.15) is 0 Å². The predicted molar refractivity (Wildman–Crippen MR) is 112 cm³/mol. The first-order valence-electron chi connectivity index (χ1n) is 12.0. The molecule has 7 nitrogen and oxygen atoms in total. The molecule has 1 amide bonds. The molecule has 1 aromatic rings. The molecule has 0 spiro atoms. The molecule has 7 heteroatoms. The fraction of sp³-hybridized carbons (Fsp3) is 0.708. The van der Waals surface area contributed by atoms with Crippen molar-refractivity contribution in [3.8, 4) is 0 Å². The monoisotopic (exact) mass is 427 g/mol. The molecule has 1 saturated carbocycles. The molecule has 0 radical (unpaired) electrons. The highest BCUT2D eigenvalue weighted by Crippen LogP contribution is 2.35. The Morgan fingerprint density at radius 2 is 1.94 bits per heavy atom. The highest BCUT2D eigenvalue weighted by Gasteiger charge is 2.40. The van der Waals surface area contributed by atoms with Crippen LogP contribution in [0.2, 0.25) is 0 Å². The molecule has 3 fully saturated rings. The molecule has 5 rings (SSSR count). The summed E-state index contributed by atoms with van der Waals surface area (Å²) in [5.41, 5.74) is 1.29. The van der Waals surface area contributed by atoms with E-state index in [4.69, 9.17) is 0 Å². The number of hydrogen-bond donors (Lipinski definition) is 1. The zero-order valence-corrected chi connectivity index (χ0v) is 18.1. The second-order valence-electron chi connectivity index (χ2n) is 10.3. The summed E-state index contributed by atoms with van der Waals surface area (Å²) in [5, 5.41) is 11.3. The van der Waals surface area contributed by atoms with Crippen LogP contribution in [0, 0.1) is 23.7 Å². The molecule has 2 bridgehead atoms. The quantitative estimate of drug-likeness (QED) is 0.648. The smallest absolute Gasteiger partial charge is 0.250 e. The highest BCUT2D eigenvalue weighted by atomic mass is 16.4. The van der Waals surface area contributed by atoms with Gasteiger partial charge in [-0.1, -0.05) is 6.07 Å². The van der Waals surface area contributed by atoms with Crippen LogP contribution in [0.1, 0.15) is 50.1 Å². The number of hydrogen-bond acceptors (Lipinski definition) is 4. The zero-order chi connectivity index (χ0) is 21.5. The number of carbonyl (C=O) groups excluding carboxylic acids is 2. The number of pyridine rings is 1. The van der Waals surface area contributed by atoms with E-state index in [1.807, 2.05) is 15.5 Å². The average Bonchev–Trinajstić information content (AvgIpc) is 3.58. The van der Waals surface area contributed by atoms with Crippen LogP contribution in [0.15, 0.2) is 23.0 Å². The van der Waals surface area contributed by atoms with Gasteiger partial charge in [0, 0.05) is 61.5 Å². The second kappa shape index (κ2) is 8.41. The Bertz CT molecular complexity index is 908. The minimum absolute atomic E-state index is 0.104. The summed E-state index contributed by atoms with van der Waals surface area (Å²) in [7, 11) is 0. The Hall–Kier alpha value is -2.15. The van der Waals surface area contributed by atoms with E-state index in [9.17, 15) is 19.5 Å². The van der Waals surface area contributed by atoms with Gasteiger partial charge < -0.3 is 24.3 Å². The second-order valence-corrected chi connectivity index (χ2v) is 10.3. The largest absolute Gasteiger partial charge is 0.550 e.